The quantitative estimate of drug-likeness (QED) is 0.573. The number of nitrogens with one attached hydrogen (secondary N) is 1. The molecule has 9 heteroatoms. The van der Waals surface area contributed by atoms with Crippen LogP contribution in [0.4, 0.5) is 4.39 Å². The first kappa shape index (κ1) is 24.7. The fourth-order valence-electron chi connectivity index (χ4n) is 5.05. The van der Waals surface area contributed by atoms with Crippen LogP contribution in [0.2, 0.25) is 0 Å². The first-order valence-corrected chi connectivity index (χ1v) is 12.3. The van der Waals surface area contributed by atoms with Gasteiger partial charge in [-0.1, -0.05) is 18.2 Å². The Hall–Kier alpha value is -3.98. The molecule has 0 bridgehead atoms. The summed E-state index contributed by atoms with van der Waals surface area (Å²) in [6.07, 6.45) is 2.23. The Balaban J connectivity index is 1.37. The summed E-state index contributed by atoms with van der Waals surface area (Å²) in [5, 5.41) is 2.85. The molecule has 5 rings (SSSR count). The maximum absolute atomic E-state index is 13.9. The van der Waals surface area contributed by atoms with Crippen LogP contribution in [0.5, 0.6) is 0 Å². The van der Waals surface area contributed by atoms with E-state index in [1.54, 1.807) is 34.1 Å². The lowest BCUT2D eigenvalue weighted by Crippen LogP contribution is -2.59. The highest BCUT2D eigenvalue weighted by molar-refractivity contribution is 5.99. The van der Waals surface area contributed by atoms with Gasteiger partial charge in [0, 0.05) is 37.1 Å². The van der Waals surface area contributed by atoms with Crippen molar-refractivity contribution in [2.24, 2.45) is 0 Å². The van der Waals surface area contributed by atoms with E-state index in [1.165, 1.54) is 30.5 Å². The predicted molar refractivity (Wildman–Crippen MR) is 132 cm³/mol. The lowest BCUT2D eigenvalue weighted by molar-refractivity contribution is -0.128. The molecule has 1 aromatic heterocycles. The van der Waals surface area contributed by atoms with Gasteiger partial charge in [0.15, 0.2) is 0 Å². The summed E-state index contributed by atoms with van der Waals surface area (Å²) in [5.74, 6) is -0.633. The number of carbonyl (C=O) groups is 3. The molecule has 1 N–H and O–H groups in total. The van der Waals surface area contributed by atoms with Crippen molar-refractivity contribution in [3.8, 4) is 0 Å². The maximum atomic E-state index is 13.9. The molecule has 0 aliphatic carbocycles. The van der Waals surface area contributed by atoms with Crippen molar-refractivity contribution in [2.75, 3.05) is 19.7 Å². The summed E-state index contributed by atoms with van der Waals surface area (Å²) in [6, 6.07) is 15.4. The average Bonchev–Trinajstić information content (AvgIpc) is 3.56. The molecule has 2 aliphatic rings. The highest BCUT2D eigenvalue weighted by Crippen LogP contribution is 2.39. The molecule has 37 heavy (non-hydrogen) atoms. The Morgan fingerprint density at radius 2 is 1.73 bits per heavy atom. The van der Waals surface area contributed by atoms with Crippen LogP contribution in [0.15, 0.2) is 71.3 Å². The zero-order valence-corrected chi connectivity index (χ0v) is 20.5. The third-order valence-corrected chi connectivity index (χ3v) is 7.10. The Labute approximate surface area is 214 Å². The van der Waals surface area contributed by atoms with Crippen molar-refractivity contribution in [2.45, 2.75) is 38.1 Å². The molecular formula is C28H28FN3O5. The van der Waals surface area contributed by atoms with Gasteiger partial charge in [-0.25, -0.2) is 4.39 Å². The minimum absolute atomic E-state index is 0.0491. The van der Waals surface area contributed by atoms with E-state index in [4.69, 9.17) is 9.15 Å². The fraction of sp³-hybridized carbons (Fsp3) is 0.321. The number of hydrogen-bond donors (Lipinski definition) is 1. The van der Waals surface area contributed by atoms with E-state index in [0.29, 0.717) is 42.8 Å². The number of ether oxygens (including phenoxy) is 1. The first-order chi connectivity index (χ1) is 17.9. The number of carbonyl (C=O) groups excluding carboxylic acids is 3. The number of aryl methyl sites for hydroxylation is 1. The Morgan fingerprint density at radius 3 is 2.41 bits per heavy atom. The van der Waals surface area contributed by atoms with Crippen molar-refractivity contribution in [1.82, 2.24) is 15.1 Å². The summed E-state index contributed by atoms with van der Waals surface area (Å²) in [7, 11) is 0. The van der Waals surface area contributed by atoms with E-state index < -0.39 is 17.6 Å². The van der Waals surface area contributed by atoms with E-state index in [2.05, 4.69) is 5.32 Å². The van der Waals surface area contributed by atoms with E-state index in [-0.39, 0.29) is 30.9 Å². The van der Waals surface area contributed by atoms with E-state index in [0.717, 1.165) is 5.56 Å². The Kier molecular flexibility index (Phi) is 6.80. The molecule has 3 heterocycles. The number of piperidine rings is 1. The van der Waals surface area contributed by atoms with Gasteiger partial charge in [-0.05, 0) is 55.0 Å². The van der Waals surface area contributed by atoms with Gasteiger partial charge in [0.2, 0.25) is 5.91 Å². The average molecular weight is 506 g/mol. The van der Waals surface area contributed by atoms with Gasteiger partial charge < -0.3 is 19.4 Å². The van der Waals surface area contributed by atoms with Crippen molar-refractivity contribution in [3.63, 3.8) is 0 Å². The number of benzene rings is 2. The van der Waals surface area contributed by atoms with Gasteiger partial charge in [0.25, 0.3) is 11.8 Å². The van der Waals surface area contributed by atoms with Crippen LogP contribution in [-0.2, 0) is 16.1 Å². The van der Waals surface area contributed by atoms with Crippen molar-refractivity contribution < 1.29 is 27.9 Å². The number of halogens is 1. The van der Waals surface area contributed by atoms with E-state index in [1.807, 2.05) is 19.1 Å². The van der Waals surface area contributed by atoms with Gasteiger partial charge in [-0.2, -0.15) is 0 Å². The SMILES string of the molecule is Cc1ccccc1C(=O)N1C(C(=O)NCc2ccco2)COC12CCN(C(=O)c1ccc(F)cc1)CC2. The molecule has 1 unspecified atom stereocenters. The lowest BCUT2D eigenvalue weighted by Gasteiger charge is -2.44. The molecule has 3 amide bonds. The lowest BCUT2D eigenvalue weighted by atomic mass is 9.95. The first-order valence-electron chi connectivity index (χ1n) is 12.3. The monoisotopic (exact) mass is 505 g/mol. The molecule has 8 nitrogen and oxygen atoms in total. The minimum Gasteiger partial charge on any atom is -0.467 e. The second-order valence-corrected chi connectivity index (χ2v) is 9.36. The minimum atomic E-state index is -1.02. The highest BCUT2D eigenvalue weighted by atomic mass is 19.1. The van der Waals surface area contributed by atoms with Gasteiger partial charge >= 0.3 is 0 Å². The summed E-state index contributed by atoms with van der Waals surface area (Å²) in [6.45, 7) is 2.75. The standard InChI is InChI=1S/C28H28FN3O5/c1-19-5-2-3-7-23(19)27(35)32-24(25(33)30-17-22-6-4-16-36-22)18-37-28(32)12-14-31(15-13-28)26(34)20-8-10-21(29)11-9-20/h2-11,16,24H,12-15,17-18H2,1H3,(H,30,33). The normalized spacial score (nSPS) is 18.7. The highest BCUT2D eigenvalue weighted by Gasteiger charge is 2.54. The maximum Gasteiger partial charge on any atom is 0.257 e. The van der Waals surface area contributed by atoms with Crippen molar-refractivity contribution in [1.29, 1.82) is 0 Å². The van der Waals surface area contributed by atoms with Gasteiger partial charge in [-0.3, -0.25) is 19.3 Å². The second-order valence-electron chi connectivity index (χ2n) is 9.36. The van der Waals surface area contributed by atoms with Crippen molar-refractivity contribution >= 4 is 17.7 Å². The van der Waals surface area contributed by atoms with Gasteiger partial charge in [0.1, 0.15) is 23.3 Å². The van der Waals surface area contributed by atoms with Crippen LogP contribution < -0.4 is 5.32 Å². The number of amides is 3. The van der Waals surface area contributed by atoms with Crippen LogP contribution in [0.1, 0.15) is 44.9 Å². The Morgan fingerprint density at radius 1 is 1.00 bits per heavy atom. The van der Waals surface area contributed by atoms with Crippen LogP contribution in [0, 0.1) is 12.7 Å². The number of hydrogen-bond acceptors (Lipinski definition) is 5. The van der Waals surface area contributed by atoms with Crippen molar-refractivity contribution in [3.05, 3.63) is 95.2 Å². The summed E-state index contributed by atoms with van der Waals surface area (Å²) >= 11 is 0. The number of furan rings is 1. The summed E-state index contributed by atoms with van der Waals surface area (Å²) in [5.41, 5.74) is 0.674. The molecule has 0 saturated carbocycles. The topological polar surface area (TPSA) is 92.1 Å². The molecule has 2 aliphatic heterocycles. The molecular weight excluding hydrogens is 477 g/mol. The summed E-state index contributed by atoms with van der Waals surface area (Å²) < 4.78 is 24.8. The smallest absolute Gasteiger partial charge is 0.257 e. The van der Waals surface area contributed by atoms with E-state index in [9.17, 15) is 18.8 Å². The van der Waals surface area contributed by atoms with Gasteiger partial charge in [-0.15, -0.1) is 0 Å². The molecule has 192 valence electrons. The predicted octanol–water partition coefficient (Wildman–Crippen LogP) is 3.52. The molecule has 2 saturated heterocycles. The van der Waals surface area contributed by atoms with E-state index >= 15 is 0 Å². The third kappa shape index (κ3) is 4.86. The van der Waals surface area contributed by atoms with Crippen LogP contribution in [0.3, 0.4) is 0 Å². The second kappa shape index (κ2) is 10.2. The zero-order chi connectivity index (χ0) is 26.0. The fourth-order valence-corrected chi connectivity index (χ4v) is 5.05. The van der Waals surface area contributed by atoms with Gasteiger partial charge in [0.05, 0.1) is 19.4 Å². The Bertz CT molecular complexity index is 1280. The molecule has 2 aromatic carbocycles. The molecule has 3 aromatic rings. The summed E-state index contributed by atoms with van der Waals surface area (Å²) in [4.78, 5) is 43.4. The number of nitrogens with zero attached hydrogens (tertiary/aromatic N) is 2. The molecule has 1 atom stereocenters. The van der Waals surface area contributed by atoms with Crippen LogP contribution >= 0.6 is 0 Å². The molecule has 1 spiro atoms. The number of rotatable bonds is 5. The van der Waals surface area contributed by atoms with Crippen LogP contribution in [-0.4, -0.2) is 59.0 Å². The number of likely N-dealkylation sites (tertiary alicyclic amines) is 1. The molecule has 2 fully saturated rings. The largest absolute Gasteiger partial charge is 0.467 e. The third-order valence-electron chi connectivity index (χ3n) is 7.10. The molecule has 0 radical (unpaired) electrons. The zero-order valence-electron chi connectivity index (χ0n) is 20.5. The van der Waals surface area contributed by atoms with Crippen LogP contribution in [0.25, 0.3) is 0 Å².